The minimum Gasteiger partial charge on any atom is -0.480 e. The number of hydrogen-bond acceptors (Lipinski definition) is 5. The fourth-order valence-corrected chi connectivity index (χ4v) is 5.14. The van der Waals surface area contributed by atoms with Crippen molar-refractivity contribution < 1.29 is 29.0 Å². The Morgan fingerprint density at radius 1 is 0.923 bits per heavy atom. The summed E-state index contributed by atoms with van der Waals surface area (Å²) in [6, 6.07) is 24.3. The third kappa shape index (κ3) is 6.12. The van der Waals surface area contributed by atoms with Gasteiger partial charge in [0.2, 0.25) is 5.91 Å². The van der Waals surface area contributed by atoms with Gasteiger partial charge in [0.05, 0.1) is 12.7 Å². The first kappa shape index (κ1) is 26.4. The number of fused-ring (bicyclic) bond motifs is 3. The maximum atomic E-state index is 13.5. The van der Waals surface area contributed by atoms with Crippen molar-refractivity contribution in [3.05, 3.63) is 95.6 Å². The van der Waals surface area contributed by atoms with E-state index in [-0.39, 0.29) is 25.2 Å². The van der Waals surface area contributed by atoms with E-state index in [1.54, 1.807) is 6.92 Å². The summed E-state index contributed by atoms with van der Waals surface area (Å²) in [6.07, 6.45) is -0.0176. The van der Waals surface area contributed by atoms with E-state index in [1.807, 2.05) is 66.7 Å². The number of carbonyl (C=O) groups excluding carboxylic acids is 2. The van der Waals surface area contributed by atoms with Crippen LogP contribution in [0.3, 0.4) is 0 Å². The van der Waals surface area contributed by atoms with E-state index >= 15 is 0 Å². The molecule has 8 nitrogen and oxygen atoms in total. The van der Waals surface area contributed by atoms with Crippen LogP contribution in [0.2, 0.25) is 0 Å². The first-order chi connectivity index (χ1) is 18.9. The summed E-state index contributed by atoms with van der Waals surface area (Å²) < 4.78 is 11.7. The fourth-order valence-electron chi connectivity index (χ4n) is 5.14. The molecule has 3 aromatic rings. The van der Waals surface area contributed by atoms with Gasteiger partial charge in [0.1, 0.15) is 19.2 Å². The van der Waals surface area contributed by atoms with E-state index in [0.29, 0.717) is 0 Å². The van der Waals surface area contributed by atoms with Gasteiger partial charge >= 0.3 is 12.1 Å². The number of carboxylic acid groups (broad SMARTS) is 1. The smallest absolute Gasteiger partial charge is 0.407 e. The van der Waals surface area contributed by atoms with Gasteiger partial charge < -0.3 is 24.8 Å². The molecular formula is C31H32N2O6. The van der Waals surface area contributed by atoms with Gasteiger partial charge in [-0.1, -0.05) is 78.9 Å². The molecule has 0 aliphatic heterocycles. The quantitative estimate of drug-likeness (QED) is 0.378. The molecule has 0 unspecified atom stereocenters. The number of alkyl carbamates (subject to hydrolysis) is 1. The van der Waals surface area contributed by atoms with Crippen molar-refractivity contribution in [1.82, 2.24) is 10.2 Å². The number of benzene rings is 3. The molecule has 0 bridgehead atoms. The normalized spacial score (nSPS) is 15.5. The second-order valence-electron chi connectivity index (χ2n) is 10.0. The molecule has 1 saturated carbocycles. The lowest BCUT2D eigenvalue weighted by atomic mass is 9.98. The average molecular weight is 529 g/mol. The molecule has 2 aliphatic carbocycles. The third-order valence-corrected chi connectivity index (χ3v) is 7.28. The maximum absolute atomic E-state index is 13.5. The zero-order valence-electron chi connectivity index (χ0n) is 21.8. The molecule has 0 aromatic heterocycles. The molecule has 3 aromatic carbocycles. The third-order valence-electron chi connectivity index (χ3n) is 7.28. The van der Waals surface area contributed by atoms with Crippen LogP contribution in [0, 0.1) is 0 Å². The van der Waals surface area contributed by atoms with E-state index in [0.717, 1.165) is 40.7 Å². The van der Waals surface area contributed by atoms with Crippen LogP contribution >= 0.6 is 0 Å². The Bertz CT molecular complexity index is 1290. The molecule has 0 radical (unpaired) electrons. The highest BCUT2D eigenvalue weighted by atomic mass is 16.5. The van der Waals surface area contributed by atoms with Crippen molar-refractivity contribution in [2.75, 3.05) is 13.2 Å². The summed E-state index contributed by atoms with van der Waals surface area (Å²) in [5.41, 5.74) is 5.32. The molecular weight excluding hydrogens is 496 g/mol. The highest BCUT2D eigenvalue weighted by molar-refractivity contribution is 5.89. The van der Waals surface area contributed by atoms with Gasteiger partial charge in [0.25, 0.3) is 0 Å². The van der Waals surface area contributed by atoms with Gasteiger partial charge in [-0.2, -0.15) is 0 Å². The lowest BCUT2D eigenvalue weighted by Crippen LogP contribution is -2.55. The standard InChI is InChI=1S/C31H32N2O6/c1-20(38-18-21-9-3-2-4-10-21)29(30(36)33(17-28(34)35)22-15-16-22)32-31(37)39-19-27-25-13-7-5-11-23(25)24-12-6-8-14-26(24)27/h2-14,20,22,27,29H,15-19H2,1H3,(H,32,37)(H,34,35)/t20-,29+/m0/s1. The number of carboxylic acids is 1. The second kappa shape index (κ2) is 11.7. The molecule has 0 spiro atoms. The van der Waals surface area contributed by atoms with Crippen molar-refractivity contribution in [3.8, 4) is 11.1 Å². The van der Waals surface area contributed by atoms with Crippen molar-refractivity contribution in [1.29, 1.82) is 0 Å². The first-order valence-corrected chi connectivity index (χ1v) is 13.2. The number of nitrogens with zero attached hydrogens (tertiary/aromatic N) is 1. The summed E-state index contributed by atoms with van der Waals surface area (Å²) in [7, 11) is 0. The average Bonchev–Trinajstić information content (AvgIpc) is 3.75. The minimum absolute atomic E-state index is 0.0987. The highest BCUT2D eigenvalue weighted by Gasteiger charge is 2.40. The zero-order valence-corrected chi connectivity index (χ0v) is 21.8. The molecule has 8 heteroatoms. The number of amides is 2. The van der Waals surface area contributed by atoms with Crippen LogP contribution in [0.4, 0.5) is 4.79 Å². The predicted octanol–water partition coefficient (Wildman–Crippen LogP) is 4.57. The van der Waals surface area contributed by atoms with E-state index in [2.05, 4.69) is 17.4 Å². The van der Waals surface area contributed by atoms with Crippen molar-refractivity contribution in [2.45, 2.75) is 50.5 Å². The van der Waals surface area contributed by atoms with Gasteiger partial charge in [-0.25, -0.2) is 4.79 Å². The van der Waals surface area contributed by atoms with Gasteiger partial charge in [-0.15, -0.1) is 0 Å². The van der Waals surface area contributed by atoms with Crippen LogP contribution in [-0.2, 0) is 25.7 Å². The zero-order chi connectivity index (χ0) is 27.4. The summed E-state index contributed by atoms with van der Waals surface area (Å²) in [5.74, 6) is -1.72. The van der Waals surface area contributed by atoms with Gasteiger partial charge in [-0.3, -0.25) is 9.59 Å². The lowest BCUT2D eigenvalue weighted by molar-refractivity contribution is -0.147. The molecule has 2 aliphatic rings. The fraction of sp³-hybridized carbons (Fsp3) is 0.323. The van der Waals surface area contributed by atoms with E-state index in [1.165, 1.54) is 4.90 Å². The molecule has 2 amide bonds. The number of carbonyl (C=O) groups is 3. The SMILES string of the molecule is C[C@H](OCc1ccccc1)[C@@H](NC(=O)OCC1c2ccccc2-c2ccccc21)C(=O)N(CC(=O)O)C1CC1. The van der Waals surface area contributed by atoms with Crippen LogP contribution < -0.4 is 5.32 Å². The molecule has 2 N–H and O–H groups in total. The Morgan fingerprint density at radius 2 is 1.51 bits per heavy atom. The summed E-state index contributed by atoms with van der Waals surface area (Å²) in [5, 5.41) is 12.1. The van der Waals surface area contributed by atoms with Crippen molar-refractivity contribution in [3.63, 3.8) is 0 Å². The maximum Gasteiger partial charge on any atom is 0.407 e. The van der Waals surface area contributed by atoms with Crippen LogP contribution in [0.1, 0.15) is 42.4 Å². The van der Waals surface area contributed by atoms with E-state index in [4.69, 9.17) is 9.47 Å². The lowest BCUT2D eigenvalue weighted by Gasteiger charge is -2.30. The van der Waals surface area contributed by atoms with Gasteiger partial charge in [0.15, 0.2) is 0 Å². The Hall–Kier alpha value is -4.17. The number of ether oxygens (including phenoxy) is 2. The van der Waals surface area contributed by atoms with E-state index < -0.39 is 36.7 Å². The number of rotatable bonds is 11. The topological polar surface area (TPSA) is 105 Å². The van der Waals surface area contributed by atoms with Gasteiger partial charge in [0, 0.05) is 12.0 Å². The predicted molar refractivity (Wildman–Crippen MR) is 145 cm³/mol. The summed E-state index contributed by atoms with van der Waals surface area (Å²) in [6.45, 7) is 1.60. The van der Waals surface area contributed by atoms with Crippen LogP contribution in [-0.4, -0.2) is 59.3 Å². The molecule has 202 valence electrons. The van der Waals surface area contributed by atoms with Gasteiger partial charge in [-0.05, 0) is 47.6 Å². The molecule has 0 heterocycles. The highest BCUT2D eigenvalue weighted by Crippen LogP contribution is 2.44. The number of aliphatic carboxylic acids is 1. The largest absolute Gasteiger partial charge is 0.480 e. The summed E-state index contributed by atoms with van der Waals surface area (Å²) >= 11 is 0. The first-order valence-electron chi connectivity index (χ1n) is 13.2. The molecule has 39 heavy (non-hydrogen) atoms. The molecule has 2 atom stereocenters. The van der Waals surface area contributed by atoms with Crippen molar-refractivity contribution in [2.24, 2.45) is 0 Å². The monoisotopic (exact) mass is 528 g/mol. The number of hydrogen-bond donors (Lipinski definition) is 2. The number of nitrogens with one attached hydrogen (secondary N) is 1. The van der Waals surface area contributed by atoms with Crippen LogP contribution in [0.5, 0.6) is 0 Å². The minimum atomic E-state index is -1.11. The van der Waals surface area contributed by atoms with Crippen molar-refractivity contribution >= 4 is 18.0 Å². The molecule has 1 fully saturated rings. The van der Waals surface area contributed by atoms with Crippen LogP contribution in [0.25, 0.3) is 11.1 Å². The summed E-state index contributed by atoms with van der Waals surface area (Å²) in [4.78, 5) is 39.4. The molecule has 5 rings (SSSR count). The second-order valence-corrected chi connectivity index (χ2v) is 10.0. The Balaban J connectivity index is 1.29. The van der Waals surface area contributed by atoms with Crippen LogP contribution in [0.15, 0.2) is 78.9 Å². The Morgan fingerprint density at radius 3 is 2.10 bits per heavy atom. The van der Waals surface area contributed by atoms with E-state index in [9.17, 15) is 19.5 Å². The Labute approximate surface area is 227 Å². The Kier molecular flexibility index (Phi) is 7.93. The molecule has 0 saturated heterocycles.